The standard InChI is InChI=1S/C30H37N7O4/c1-19-16-21-17-24(33-19)22-18-32-36(5)27(22)40-15-8-6-7-14-37-25-20(12-13-31-29(39)41-30(2,3)4)10-9-11-23(25)34-28(37)35-26(21)38/h9-11,16-18H,6-8,12-15H2,1-5H3,(H,31,39)(H,34,35,38). The molecule has 1 aromatic carbocycles. The molecule has 11 heteroatoms. The van der Waals surface area contributed by atoms with Crippen LogP contribution in [0.3, 0.4) is 0 Å². The summed E-state index contributed by atoms with van der Waals surface area (Å²) in [7, 11) is 1.83. The molecule has 11 nitrogen and oxygen atoms in total. The Morgan fingerprint density at radius 3 is 2.80 bits per heavy atom. The normalized spacial score (nSPS) is 14.2. The zero-order valence-electron chi connectivity index (χ0n) is 24.3. The highest BCUT2D eigenvalue weighted by Gasteiger charge is 2.21. The number of aryl methyl sites for hydroxylation is 3. The maximum Gasteiger partial charge on any atom is 0.407 e. The molecule has 41 heavy (non-hydrogen) atoms. The molecule has 0 atom stereocenters. The molecule has 0 unspecified atom stereocenters. The van der Waals surface area contributed by atoms with E-state index in [2.05, 4.69) is 25.3 Å². The van der Waals surface area contributed by atoms with Crippen molar-refractivity contribution >= 4 is 29.0 Å². The van der Waals surface area contributed by atoms with E-state index in [1.165, 1.54) is 0 Å². The minimum absolute atomic E-state index is 0.275. The molecule has 3 aromatic heterocycles. The van der Waals surface area contributed by atoms with Crippen molar-refractivity contribution in [2.24, 2.45) is 7.05 Å². The maximum atomic E-state index is 13.6. The number of rotatable bonds is 3. The fourth-order valence-corrected chi connectivity index (χ4v) is 4.99. The van der Waals surface area contributed by atoms with Gasteiger partial charge in [0.1, 0.15) is 5.60 Å². The molecule has 0 aliphatic carbocycles. The summed E-state index contributed by atoms with van der Waals surface area (Å²) in [5.74, 6) is 0.845. The number of fused-ring (bicyclic) bond motifs is 7. The van der Waals surface area contributed by atoms with Gasteiger partial charge >= 0.3 is 6.09 Å². The molecular weight excluding hydrogens is 522 g/mol. The van der Waals surface area contributed by atoms with Crippen molar-refractivity contribution in [3.63, 3.8) is 0 Å². The van der Waals surface area contributed by atoms with Gasteiger partial charge in [0.25, 0.3) is 5.91 Å². The van der Waals surface area contributed by atoms with Crippen LogP contribution in [0.2, 0.25) is 0 Å². The summed E-state index contributed by atoms with van der Waals surface area (Å²) in [4.78, 5) is 35.2. The summed E-state index contributed by atoms with van der Waals surface area (Å²) in [6.45, 7) is 8.99. The molecule has 4 aromatic rings. The first-order chi connectivity index (χ1) is 19.6. The zero-order valence-corrected chi connectivity index (χ0v) is 24.3. The lowest BCUT2D eigenvalue weighted by Crippen LogP contribution is -2.33. The van der Waals surface area contributed by atoms with Gasteiger partial charge in [0.05, 0.1) is 35.1 Å². The fraction of sp³-hybridized carbons (Fsp3) is 0.433. The van der Waals surface area contributed by atoms with Crippen LogP contribution in [0.4, 0.5) is 10.7 Å². The molecule has 1 aliphatic rings. The number of pyridine rings is 1. The number of amides is 2. The van der Waals surface area contributed by atoms with Crippen LogP contribution in [0.15, 0.2) is 36.5 Å². The molecule has 2 N–H and O–H groups in total. The van der Waals surface area contributed by atoms with Gasteiger partial charge < -0.3 is 19.4 Å². The summed E-state index contributed by atoms with van der Waals surface area (Å²) in [6.07, 6.45) is 4.51. The summed E-state index contributed by atoms with van der Waals surface area (Å²) in [5.41, 5.74) is 4.74. The quantitative estimate of drug-likeness (QED) is 0.361. The topological polar surface area (TPSA) is 125 Å². The van der Waals surface area contributed by atoms with Gasteiger partial charge in [-0.15, -0.1) is 0 Å². The van der Waals surface area contributed by atoms with Gasteiger partial charge in [-0.05, 0) is 77.1 Å². The van der Waals surface area contributed by atoms with Gasteiger partial charge in [0.2, 0.25) is 11.8 Å². The Bertz CT molecular complexity index is 1580. The van der Waals surface area contributed by atoms with Gasteiger partial charge in [-0.3, -0.25) is 15.1 Å². The molecule has 1 aliphatic heterocycles. The van der Waals surface area contributed by atoms with Crippen molar-refractivity contribution in [3.8, 4) is 17.1 Å². The van der Waals surface area contributed by atoms with Crippen LogP contribution in [0.25, 0.3) is 22.3 Å². The number of imidazole rings is 1. The average Bonchev–Trinajstić information content (AvgIpc) is 3.44. The van der Waals surface area contributed by atoms with Gasteiger partial charge in [0.15, 0.2) is 0 Å². The molecule has 2 amide bonds. The van der Waals surface area contributed by atoms with E-state index < -0.39 is 11.7 Å². The molecule has 0 saturated heterocycles. The smallest absolute Gasteiger partial charge is 0.407 e. The largest absolute Gasteiger partial charge is 0.477 e. The third-order valence-electron chi connectivity index (χ3n) is 6.78. The number of ether oxygens (including phenoxy) is 2. The number of hydrogen-bond acceptors (Lipinski definition) is 7. The van der Waals surface area contributed by atoms with Crippen molar-refractivity contribution in [1.82, 2.24) is 29.6 Å². The van der Waals surface area contributed by atoms with E-state index in [0.717, 1.165) is 41.4 Å². The van der Waals surface area contributed by atoms with E-state index in [0.29, 0.717) is 54.9 Å². The molecule has 0 fully saturated rings. The van der Waals surface area contributed by atoms with E-state index in [1.807, 2.05) is 52.9 Å². The van der Waals surface area contributed by atoms with Crippen LogP contribution in [0.1, 0.15) is 61.6 Å². The first kappa shape index (κ1) is 28.1. The highest BCUT2D eigenvalue weighted by molar-refractivity contribution is 6.05. The van der Waals surface area contributed by atoms with Crippen LogP contribution in [-0.4, -0.2) is 55.1 Å². The predicted molar refractivity (Wildman–Crippen MR) is 156 cm³/mol. The number of para-hydroxylation sites is 1. The molecule has 0 spiro atoms. The number of aromatic nitrogens is 5. The Morgan fingerprint density at radius 1 is 1.17 bits per heavy atom. The van der Waals surface area contributed by atoms with E-state index in [4.69, 9.17) is 14.5 Å². The van der Waals surface area contributed by atoms with E-state index in [-0.39, 0.29) is 5.91 Å². The third-order valence-corrected chi connectivity index (χ3v) is 6.78. The second-order valence-electron chi connectivity index (χ2n) is 11.3. The Hall–Kier alpha value is -4.41. The predicted octanol–water partition coefficient (Wildman–Crippen LogP) is 5.02. The van der Waals surface area contributed by atoms with E-state index >= 15 is 0 Å². The summed E-state index contributed by atoms with van der Waals surface area (Å²) >= 11 is 0. The highest BCUT2D eigenvalue weighted by atomic mass is 16.6. The lowest BCUT2D eigenvalue weighted by Gasteiger charge is -2.19. The second-order valence-corrected chi connectivity index (χ2v) is 11.3. The summed E-state index contributed by atoms with van der Waals surface area (Å²) < 4.78 is 15.3. The molecule has 4 heterocycles. The molecule has 0 radical (unpaired) electrons. The zero-order chi connectivity index (χ0) is 29.1. The van der Waals surface area contributed by atoms with Crippen molar-refractivity contribution < 1.29 is 19.1 Å². The van der Waals surface area contributed by atoms with Gasteiger partial charge in [-0.2, -0.15) is 5.10 Å². The summed E-state index contributed by atoms with van der Waals surface area (Å²) in [6, 6.07) is 9.43. The van der Waals surface area contributed by atoms with Crippen LogP contribution in [0, 0.1) is 6.92 Å². The molecule has 0 saturated carbocycles. The number of benzene rings is 1. The van der Waals surface area contributed by atoms with Crippen LogP contribution in [-0.2, 0) is 24.8 Å². The van der Waals surface area contributed by atoms with Crippen molar-refractivity contribution in [2.75, 3.05) is 18.5 Å². The van der Waals surface area contributed by atoms with Gasteiger partial charge in [-0.25, -0.2) is 14.5 Å². The van der Waals surface area contributed by atoms with Crippen molar-refractivity contribution in [1.29, 1.82) is 0 Å². The van der Waals surface area contributed by atoms with Gasteiger partial charge in [-0.1, -0.05) is 12.1 Å². The molecule has 5 rings (SSSR count). The van der Waals surface area contributed by atoms with Gasteiger partial charge in [0, 0.05) is 31.4 Å². The first-order valence-corrected chi connectivity index (χ1v) is 14.0. The Labute approximate surface area is 239 Å². The Kier molecular flexibility index (Phi) is 7.96. The van der Waals surface area contributed by atoms with Crippen molar-refractivity contribution in [3.05, 3.63) is 53.3 Å². The van der Waals surface area contributed by atoms with E-state index in [9.17, 15) is 9.59 Å². The van der Waals surface area contributed by atoms with Crippen LogP contribution in [0.5, 0.6) is 5.88 Å². The average molecular weight is 560 g/mol. The van der Waals surface area contributed by atoms with Crippen LogP contribution < -0.4 is 15.4 Å². The number of hydrogen-bond donors (Lipinski definition) is 2. The Balaban J connectivity index is 1.47. The number of alkyl carbamates (subject to hydrolysis) is 1. The van der Waals surface area contributed by atoms with Crippen molar-refractivity contribution in [2.45, 2.75) is 65.5 Å². The number of nitrogens with one attached hydrogen (secondary N) is 2. The lowest BCUT2D eigenvalue weighted by atomic mass is 10.1. The maximum absolute atomic E-state index is 13.6. The highest BCUT2D eigenvalue weighted by Crippen LogP contribution is 2.30. The molecular formula is C30H37N7O4. The minimum atomic E-state index is -0.561. The first-order valence-electron chi connectivity index (χ1n) is 14.0. The number of nitrogens with zero attached hydrogens (tertiary/aromatic N) is 5. The number of carbonyl (C=O) groups excluding carboxylic acids is 2. The number of carbonyl (C=O) groups is 2. The lowest BCUT2D eigenvalue weighted by molar-refractivity contribution is 0.0528. The van der Waals surface area contributed by atoms with E-state index in [1.54, 1.807) is 23.0 Å². The SMILES string of the molecule is Cc1cc2cc(n1)-c1cnn(C)c1OCCCCCn1c(nc3cccc(CCNC(=O)OC(C)(C)C)c31)NC2=O. The van der Waals surface area contributed by atoms with Crippen LogP contribution >= 0.6 is 0 Å². The Morgan fingerprint density at radius 2 is 2.00 bits per heavy atom. The minimum Gasteiger partial charge on any atom is -0.477 e. The third kappa shape index (κ3) is 6.50. The second kappa shape index (κ2) is 11.6. The fourth-order valence-electron chi connectivity index (χ4n) is 4.99. The molecule has 216 valence electrons. The number of anilines is 1. The summed E-state index contributed by atoms with van der Waals surface area (Å²) in [5, 5.41) is 10.3. The molecule has 2 bridgehead atoms. The monoisotopic (exact) mass is 559 g/mol.